The second-order valence-corrected chi connectivity index (χ2v) is 1.97. The topological polar surface area (TPSA) is 29.5 Å². The quantitative estimate of drug-likeness (QED) is 0.380. The van der Waals surface area contributed by atoms with Crippen molar-refractivity contribution in [1.82, 2.24) is 4.90 Å². The zero-order valence-electron chi connectivity index (χ0n) is 4.71. The van der Waals surface area contributed by atoms with Crippen molar-refractivity contribution in [3.8, 4) is 0 Å². The van der Waals surface area contributed by atoms with Crippen molar-refractivity contribution in [1.29, 1.82) is 0 Å². The van der Waals surface area contributed by atoms with Crippen molar-refractivity contribution in [2.24, 2.45) is 0 Å². The number of nitrogens with zero attached hydrogens (tertiary/aromatic N) is 1. The molecule has 0 radical (unpaired) electrons. The van der Waals surface area contributed by atoms with Crippen molar-refractivity contribution in [3.05, 3.63) is 12.3 Å². The second kappa shape index (κ2) is 2.73. The molecular formula is C5H6ClNO2. The number of hydrogen-bond acceptors (Lipinski definition) is 2. The average molecular weight is 148 g/mol. The summed E-state index contributed by atoms with van der Waals surface area (Å²) in [6.07, 6.45) is 3.28. The normalized spacial score (nSPS) is 17.2. The third kappa shape index (κ3) is 1.61. The number of carbonyl (C=O) groups excluding carboxylic acids is 1. The monoisotopic (exact) mass is 147 g/mol. The van der Waals surface area contributed by atoms with E-state index in [2.05, 4.69) is 0 Å². The summed E-state index contributed by atoms with van der Waals surface area (Å²) in [7, 11) is 0. The van der Waals surface area contributed by atoms with Gasteiger partial charge in [-0.1, -0.05) is 0 Å². The minimum atomic E-state index is -0.473. The lowest BCUT2D eigenvalue weighted by atomic mass is 10.5. The van der Waals surface area contributed by atoms with Gasteiger partial charge >= 0.3 is 5.37 Å². The lowest BCUT2D eigenvalue weighted by Gasteiger charge is -2.19. The van der Waals surface area contributed by atoms with E-state index >= 15 is 0 Å². The van der Waals surface area contributed by atoms with Gasteiger partial charge in [0.1, 0.15) is 0 Å². The molecule has 50 valence electrons. The van der Waals surface area contributed by atoms with Crippen LogP contribution in [0.4, 0.5) is 4.79 Å². The first-order valence-electron chi connectivity index (χ1n) is 2.52. The van der Waals surface area contributed by atoms with Gasteiger partial charge in [-0.05, 0) is 17.7 Å². The Kier molecular flexibility index (Phi) is 1.95. The molecule has 1 heterocycles. The van der Waals surface area contributed by atoms with Crippen LogP contribution in [0.5, 0.6) is 0 Å². The fourth-order valence-electron chi connectivity index (χ4n) is 0.547. The van der Waals surface area contributed by atoms with Crippen molar-refractivity contribution >= 4 is 17.0 Å². The molecule has 0 unspecified atom stereocenters. The first-order chi connectivity index (χ1) is 4.30. The molecule has 0 saturated heterocycles. The van der Waals surface area contributed by atoms with E-state index in [0.717, 1.165) is 0 Å². The van der Waals surface area contributed by atoms with E-state index in [0.29, 0.717) is 6.54 Å². The summed E-state index contributed by atoms with van der Waals surface area (Å²) in [6.45, 7) is 0.807. The Labute approximate surface area is 57.8 Å². The Morgan fingerprint density at radius 3 is 2.89 bits per heavy atom. The molecule has 0 aromatic rings. The van der Waals surface area contributed by atoms with Gasteiger partial charge in [0.2, 0.25) is 0 Å². The summed E-state index contributed by atoms with van der Waals surface area (Å²) in [5.74, 6) is 0. The Morgan fingerprint density at radius 1 is 1.78 bits per heavy atom. The number of halogens is 1. The summed E-state index contributed by atoms with van der Waals surface area (Å²) in [5, 5.41) is -0.473. The molecular weight excluding hydrogens is 142 g/mol. The highest BCUT2D eigenvalue weighted by molar-refractivity contribution is 6.62. The molecule has 0 N–H and O–H groups in total. The van der Waals surface area contributed by atoms with Crippen molar-refractivity contribution < 1.29 is 9.53 Å². The van der Waals surface area contributed by atoms with E-state index in [4.69, 9.17) is 16.3 Å². The predicted molar refractivity (Wildman–Crippen MR) is 33.0 cm³/mol. The fraction of sp³-hybridized carbons (Fsp3) is 0.400. The molecule has 9 heavy (non-hydrogen) atoms. The van der Waals surface area contributed by atoms with Gasteiger partial charge in [-0.3, -0.25) is 9.69 Å². The number of rotatable bonds is 0. The van der Waals surface area contributed by atoms with Gasteiger partial charge in [0, 0.05) is 6.54 Å². The van der Waals surface area contributed by atoms with Crippen molar-refractivity contribution in [2.75, 3.05) is 13.3 Å². The Morgan fingerprint density at radius 2 is 2.56 bits per heavy atom. The molecule has 0 aliphatic carbocycles. The lowest BCUT2D eigenvalue weighted by molar-refractivity contribution is 0.113. The van der Waals surface area contributed by atoms with Crippen LogP contribution in [0.25, 0.3) is 0 Å². The smallest absolute Gasteiger partial charge is 0.319 e. The van der Waals surface area contributed by atoms with E-state index in [1.54, 1.807) is 12.3 Å². The largest absolute Gasteiger partial charge is 0.481 e. The van der Waals surface area contributed by atoms with E-state index in [-0.39, 0.29) is 6.73 Å². The molecule has 0 aromatic carbocycles. The number of amides is 1. The highest BCUT2D eigenvalue weighted by atomic mass is 35.5. The van der Waals surface area contributed by atoms with Crippen LogP contribution in [0, 0.1) is 0 Å². The predicted octanol–water partition coefficient (Wildman–Crippen LogP) is 1.15. The van der Waals surface area contributed by atoms with Crippen LogP contribution >= 0.6 is 11.6 Å². The van der Waals surface area contributed by atoms with E-state index in [9.17, 15) is 4.79 Å². The maximum absolute atomic E-state index is 10.4. The SMILES string of the molecule is O=C(Cl)N1CC=COC1. The number of hydrogen-bond donors (Lipinski definition) is 0. The van der Waals surface area contributed by atoms with Crippen LogP contribution in [0.1, 0.15) is 0 Å². The maximum atomic E-state index is 10.4. The zero-order valence-corrected chi connectivity index (χ0v) is 5.47. The Bertz CT molecular complexity index is 146. The van der Waals surface area contributed by atoms with E-state index in [1.165, 1.54) is 4.90 Å². The van der Waals surface area contributed by atoms with Crippen LogP contribution in [0.3, 0.4) is 0 Å². The van der Waals surface area contributed by atoms with Gasteiger partial charge in [-0.2, -0.15) is 0 Å². The lowest BCUT2D eigenvalue weighted by Crippen LogP contribution is -2.30. The van der Waals surface area contributed by atoms with Gasteiger partial charge in [-0.25, -0.2) is 0 Å². The van der Waals surface area contributed by atoms with Crippen LogP contribution in [-0.4, -0.2) is 23.5 Å². The van der Waals surface area contributed by atoms with Crippen LogP contribution < -0.4 is 0 Å². The first kappa shape index (κ1) is 6.42. The summed E-state index contributed by atoms with van der Waals surface area (Å²) in [6, 6.07) is 0. The van der Waals surface area contributed by atoms with Crippen LogP contribution in [0.15, 0.2) is 12.3 Å². The molecule has 0 bridgehead atoms. The molecule has 0 aromatic heterocycles. The highest BCUT2D eigenvalue weighted by Crippen LogP contribution is 2.01. The molecule has 0 atom stereocenters. The van der Waals surface area contributed by atoms with E-state index in [1.807, 2.05) is 0 Å². The Hall–Kier alpha value is -0.700. The van der Waals surface area contributed by atoms with Gasteiger partial charge in [-0.15, -0.1) is 0 Å². The minimum Gasteiger partial charge on any atom is -0.481 e. The number of carbonyl (C=O) groups is 1. The first-order valence-corrected chi connectivity index (χ1v) is 2.89. The summed E-state index contributed by atoms with van der Waals surface area (Å²) >= 11 is 5.13. The van der Waals surface area contributed by atoms with Crippen molar-refractivity contribution in [3.63, 3.8) is 0 Å². The van der Waals surface area contributed by atoms with Gasteiger partial charge in [0.15, 0.2) is 6.73 Å². The molecule has 0 fully saturated rings. The molecule has 3 nitrogen and oxygen atoms in total. The molecule has 1 amide bonds. The highest BCUT2D eigenvalue weighted by Gasteiger charge is 2.10. The van der Waals surface area contributed by atoms with Crippen molar-refractivity contribution in [2.45, 2.75) is 0 Å². The zero-order chi connectivity index (χ0) is 6.69. The summed E-state index contributed by atoms with van der Waals surface area (Å²) in [4.78, 5) is 11.8. The standard InChI is InChI=1S/C5H6ClNO2/c6-5(8)7-2-1-3-9-4-7/h1,3H,2,4H2. The van der Waals surface area contributed by atoms with E-state index < -0.39 is 5.37 Å². The second-order valence-electron chi connectivity index (χ2n) is 1.64. The summed E-state index contributed by atoms with van der Waals surface area (Å²) in [5.41, 5.74) is 0. The van der Waals surface area contributed by atoms with Crippen LogP contribution in [-0.2, 0) is 4.74 Å². The maximum Gasteiger partial charge on any atom is 0.319 e. The average Bonchev–Trinajstić information content (AvgIpc) is 1.90. The summed E-state index contributed by atoms with van der Waals surface area (Å²) < 4.78 is 4.78. The third-order valence-corrected chi connectivity index (χ3v) is 1.24. The fourth-order valence-corrected chi connectivity index (χ4v) is 0.664. The number of ether oxygens (including phenoxy) is 1. The molecule has 1 aliphatic rings. The Balaban J connectivity index is 2.44. The third-order valence-electron chi connectivity index (χ3n) is 0.997. The molecule has 4 heteroatoms. The molecule has 0 saturated carbocycles. The van der Waals surface area contributed by atoms with Crippen LogP contribution in [0.2, 0.25) is 0 Å². The van der Waals surface area contributed by atoms with Gasteiger partial charge in [0.05, 0.1) is 6.26 Å². The molecule has 1 aliphatic heterocycles. The molecule has 1 rings (SSSR count). The molecule has 0 spiro atoms. The van der Waals surface area contributed by atoms with Gasteiger partial charge < -0.3 is 4.74 Å². The van der Waals surface area contributed by atoms with Gasteiger partial charge in [0.25, 0.3) is 0 Å². The minimum absolute atomic E-state index is 0.263.